The molecule has 0 spiro atoms. The molecule has 0 fully saturated rings. The number of hydrogen-bond acceptors (Lipinski definition) is 3. The predicted octanol–water partition coefficient (Wildman–Crippen LogP) is 4.06. The lowest BCUT2D eigenvalue weighted by molar-refractivity contribution is 0.646. The summed E-state index contributed by atoms with van der Waals surface area (Å²) < 4.78 is 0. The van der Waals surface area contributed by atoms with Crippen molar-refractivity contribution in [2.75, 3.05) is 6.26 Å². The van der Waals surface area contributed by atoms with E-state index in [4.69, 9.17) is 0 Å². The Morgan fingerprint density at radius 1 is 1.06 bits per heavy atom. The first-order valence-electron chi connectivity index (χ1n) is 6.15. The van der Waals surface area contributed by atoms with E-state index in [9.17, 15) is 0 Å². The van der Waals surface area contributed by atoms with Crippen LogP contribution in [0.25, 0.3) is 11.4 Å². The fourth-order valence-corrected chi connectivity index (χ4v) is 2.55. The quantitative estimate of drug-likeness (QED) is 0.773. The Hall–Kier alpha value is -1.35. The minimum Gasteiger partial charge on any atom is -0.254 e. The molecule has 0 bridgehead atoms. The fraction of sp³-hybridized carbons (Fsp3) is 0.333. The summed E-state index contributed by atoms with van der Waals surface area (Å²) in [5, 5.41) is 0. The van der Waals surface area contributed by atoms with Crippen molar-refractivity contribution in [2.24, 2.45) is 5.92 Å². The van der Waals surface area contributed by atoms with Crippen molar-refractivity contribution in [1.82, 2.24) is 9.97 Å². The summed E-state index contributed by atoms with van der Waals surface area (Å²) in [6.45, 7) is 4.45. The van der Waals surface area contributed by atoms with Gasteiger partial charge in [-0.25, -0.2) is 0 Å². The van der Waals surface area contributed by atoms with Crippen LogP contribution in [0.2, 0.25) is 0 Å². The van der Waals surface area contributed by atoms with Gasteiger partial charge in [0.1, 0.15) is 5.69 Å². The Labute approximate surface area is 113 Å². The van der Waals surface area contributed by atoms with Crippen LogP contribution in [0, 0.1) is 5.92 Å². The summed E-state index contributed by atoms with van der Waals surface area (Å²) in [7, 11) is 0. The van der Waals surface area contributed by atoms with E-state index in [2.05, 4.69) is 42.2 Å². The molecular formula is C15H18N2S. The molecule has 2 rings (SSSR count). The van der Waals surface area contributed by atoms with Crippen molar-refractivity contribution in [2.45, 2.75) is 25.2 Å². The lowest BCUT2D eigenvalue weighted by atomic mass is 10.00. The predicted molar refractivity (Wildman–Crippen MR) is 77.8 cm³/mol. The van der Waals surface area contributed by atoms with E-state index < -0.39 is 0 Å². The van der Waals surface area contributed by atoms with Gasteiger partial charge in [-0.1, -0.05) is 19.9 Å². The average molecular weight is 258 g/mol. The molecule has 0 atom stereocenters. The summed E-state index contributed by atoms with van der Waals surface area (Å²) in [4.78, 5) is 10.2. The van der Waals surface area contributed by atoms with E-state index in [0.29, 0.717) is 5.92 Å². The molecule has 3 heteroatoms. The molecule has 0 unspecified atom stereocenters. The maximum atomic E-state index is 4.53. The molecule has 2 nitrogen and oxygen atoms in total. The fourth-order valence-electron chi connectivity index (χ4n) is 1.99. The Bertz CT molecular complexity index is 523. The first kappa shape index (κ1) is 13.1. The second-order valence-corrected chi connectivity index (χ2v) is 5.51. The van der Waals surface area contributed by atoms with E-state index in [0.717, 1.165) is 17.8 Å². The van der Waals surface area contributed by atoms with Gasteiger partial charge in [-0.2, -0.15) is 0 Å². The van der Waals surface area contributed by atoms with Crippen LogP contribution in [0.4, 0.5) is 0 Å². The normalized spacial score (nSPS) is 10.9. The van der Waals surface area contributed by atoms with Gasteiger partial charge in [-0.3, -0.25) is 9.97 Å². The van der Waals surface area contributed by atoms with Gasteiger partial charge < -0.3 is 0 Å². The summed E-state index contributed by atoms with van der Waals surface area (Å²) in [6.07, 6.45) is 6.79. The minimum absolute atomic E-state index is 0.620. The molecule has 0 saturated carbocycles. The third-order valence-corrected chi connectivity index (χ3v) is 3.50. The highest BCUT2D eigenvalue weighted by Gasteiger charge is 2.12. The summed E-state index contributed by atoms with van der Waals surface area (Å²) in [6, 6.07) is 8.23. The van der Waals surface area contributed by atoms with Gasteiger partial charge in [0.05, 0.1) is 5.69 Å². The molecule has 0 radical (unpaired) electrons. The first-order valence-corrected chi connectivity index (χ1v) is 7.38. The van der Waals surface area contributed by atoms with Crippen LogP contribution < -0.4 is 0 Å². The standard InChI is InChI=1S/C15H18N2S/c1-11(2)10-12-6-4-8-16-14(12)15-13(18-3)7-5-9-17-15/h4-9,11H,10H2,1-3H3. The molecule has 18 heavy (non-hydrogen) atoms. The number of aromatic nitrogens is 2. The molecule has 0 N–H and O–H groups in total. The van der Waals surface area contributed by atoms with Crippen LogP contribution in [0.3, 0.4) is 0 Å². The van der Waals surface area contributed by atoms with Crippen LogP contribution in [0.15, 0.2) is 41.6 Å². The first-order chi connectivity index (χ1) is 8.72. The van der Waals surface area contributed by atoms with Crippen LogP contribution in [0.1, 0.15) is 19.4 Å². The van der Waals surface area contributed by atoms with E-state index >= 15 is 0 Å². The van der Waals surface area contributed by atoms with Gasteiger partial charge in [0, 0.05) is 17.3 Å². The molecule has 0 amide bonds. The Morgan fingerprint density at radius 3 is 2.39 bits per heavy atom. The monoisotopic (exact) mass is 258 g/mol. The molecular weight excluding hydrogens is 240 g/mol. The van der Waals surface area contributed by atoms with Gasteiger partial charge in [0.15, 0.2) is 0 Å². The molecule has 0 aromatic carbocycles. The number of thioether (sulfide) groups is 1. The van der Waals surface area contributed by atoms with E-state index in [1.165, 1.54) is 10.5 Å². The highest BCUT2D eigenvalue weighted by molar-refractivity contribution is 7.98. The zero-order chi connectivity index (χ0) is 13.0. The maximum absolute atomic E-state index is 4.53. The van der Waals surface area contributed by atoms with Gasteiger partial charge in [0.25, 0.3) is 0 Å². The minimum atomic E-state index is 0.620. The number of nitrogens with zero attached hydrogens (tertiary/aromatic N) is 2. The van der Waals surface area contributed by atoms with Crippen LogP contribution >= 0.6 is 11.8 Å². The van der Waals surface area contributed by atoms with E-state index in [-0.39, 0.29) is 0 Å². The molecule has 2 aromatic heterocycles. The Balaban J connectivity index is 2.49. The van der Waals surface area contributed by atoms with Crippen molar-refractivity contribution in [1.29, 1.82) is 0 Å². The third-order valence-electron chi connectivity index (χ3n) is 2.73. The zero-order valence-corrected chi connectivity index (χ0v) is 11.9. The zero-order valence-electron chi connectivity index (χ0n) is 11.1. The van der Waals surface area contributed by atoms with Crippen molar-refractivity contribution in [3.05, 3.63) is 42.2 Å². The molecule has 2 heterocycles. The van der Waals surface area contributed by atoms with Crippen LogP contribution in [-0.4, -0.2) is 16.2 Å². The van der Waals surface area contributed by atoms with Crippen molar-refractivity contribution in [3.8, 4) is 11.4 Å². The Morgan fingerprint density at radius 2 is 1.72 bits per heavy atom. The molecule has 0 aliphatic carbocycles. The van der Waals surface area contributed by atoms with Gasteiger partial charge in [0.2, 0.25) is 0 Å². The smallest absolute Gasteiger partial charge is 0.102 e. The second kappa shape index (κ2) is 6.01. The molecule has 2 aromatic rings. The summed E-state index contributed by atoms with van der Waals surface area (Å²) in [5.41, 5.74) is 3.30. The topological polar surface area (TPSA) is 25.8 Å². The number of hydrogen-bond donors (Lipinski definition) is 0. The highest BCUT2D eigenvalue weighted by atomic mass is 32.2. The van der Waals surface area contributed by atoms with Crippen molar-refractivity contribution < 1.29 is 0 Å². The van der Waals surface area contributed by atoms with E-state index in [1.54, 1.807) is 11.8 Å². The summed E-state index contributed by atoms with van der Waals surface area (Å²) >= 11 is 1.72. The van der Waals surface area contributed by atoms with Crippen LogP contribution in [0.5, 0.6) is 0 Å². The second-order valence-electron chi connectivity index (χ2n) is 4.66. The summed E-state index contributed by atoms with van der Waals surface area (Å²) in [5.74, 6) is 0.620. The largest absolute Gasteiger partial charge is 0.254 e. The van der Waals surface area contributed by atoms with Gasteiger partial charge in [-0.05, 0) is 42.4 Å². The SMILES string of the molecule is CSc1cccnc1-c1ncccc1CC(C)C. The lowest BCUT2D eigenvalue weighted by Gasteiger charge is -2.12. The van der Waals surface area contributed by atoms with Crippen LogP contribution in [-0.2, 0) is 6.42 Å². The van der Waals surface area contributed by atoms with Gasteiger partial charge >= 0.3 is 0 Å². The molecule has 94 valence electrons. The van der Waals surface area contributed by atoms with Crippen molar-refractivity contribution >= 4 is 11.8 Å². The molecule has 0 aliphatic heterocycles. The van der Waals surface area contributed by atoms with E-state index in [1.807, 2.05) is 24.5 Å². The average Bonchev–Trinajstić information content (AvgIpc) is 2.39. The Kier molecular flexibility index (Phi) is 4.37. The van der Waals surface area contributed by atoms with Crippen molar-refractivity contribution in [3.63, 3.8) is 0 Å². The lowest BCUT2D eigenvalue weighted by Crippen LogP contribution is -2.00. The molecule has 0 aliphatic rings. The number of rotatable bonds is 4. The maximum Gasteiger partial charge on any atom is 0.102 e. The molecule has 0 saturated heterocycles. The third kappa shape index (κ3) is 2.91. The highest BCUT2D eigenvalue weighted by Crippen LogP contribution is 2.29. The number of pyridine rings is 2. The van der Waals surface area contributed by atoms with Gasteiger partial charge in [-0.15, -0.1) is 11.8 Å².